The minimum Gasteiger partial charge on any atom is -0.462 e. The van der Waals surface area contributed by atoms with E-state index in [2.05, 4.69) is 34.6 Å². The van der Waals surface area contributed by atoms with E-state index in [1.165, 1.54) is 212 Å². The SMILES string of the molecule is CCCCCCCCCCCCCCCCCCCCCC(=O)OC[C@H](COC(=O)CCCCCCCCCCCCC(C)CC)OC(=O)CCCCCCCCCCCCC(C)C. The molecular formula is C58H112O6. The fourth-order valence-electron chi connectivity index (χ4n) is 8.84. The highest BCUT2D eigenvalue weighted by Gasteiger charge is 2.19. The van der Waals surface area contributed by atoms with E-state index in [0.717, 1.165) is 69.6 Å². The molecule has 0 saturated heterocycles. The van der Waals surface area contributed by atoms with Crippen molar-refractivity contribution in [3.63, 3.8) is 0 Å². The van der Waals surface area contributed by atoms with Gasteiger partial charge in [-0.2, -0.15) is 0 Å². The Kier molecular flexibility index (Phi) is 49.6. The van der Waals surface area contributed by atoms with Gasteiger partial charge in [-0.05, 0) is 31.1 Å². The normalized spacial score (nSPS) is 12.5. The number of hydrogen-bond donors (Lipinski definition) is 0. The summed E-state index contributed by atoms with van der Waals surface area (Å²) in [6, 6.07) is 0. The zero-order valence-corrected chi connectivity index (χ0v) is 43.9. The minimum absolute atomic E-state index is 0.0632. The summed E-state index contributed by atoms with van der Waals surface area (Å²) in [5.74, 6) is 0.843. The van der Waals surface area contributed by atoms with Gasteiger partial charge in [-0.15, -0.1) is 0 Å². The zero-order valence-electron chi connectivity index (χ0n) is 43.9. The summed E-state index contributed by atoms with van der Waals surface area (Å²) in [6.07, 6.45) is 53.8. The summed E-state index contributed by atoms with van der Waals surface area (Å²) < 4.78 is 16.9. The average Bonchev–Trinajstić information content (AvgIpc) is 3.28. The zero-order chi connectivity index (χ0) is 46.8. The van der Waals surface area contributed by atoms with Crippen LogP contribution in [0.25, 0.3) is 0 Å². The average molecular weight is 906 g/mol. The van der Waals surface area contributed by atoms with E-state index in [4.69, 9.17) is 14.2 Å². The Morgan fingerprint density at radius 3 is 0.891 bits per heavy atom. The largest absolute Gasteiger partial charge is 0.462 e. The van der Waals surface area contributed by atoms with Gasteiger partial charge in [-0.3, -0.25) is 14.4 Å². The van der Waals surface area contributed by atoms with Crippen LogP contribution in [0.2, 0.25) is 0 Å². The van der Waals surface area contributed by atoms with Gasteiger partial charge in [-0.25, -0.2) is 0 Å². The van der Waals surface area contributed by atoms with E-state index in [-0.39, 0.29) is 31.1 Å². The van der Waals surface area contributed by atoms with Crippen molar-refractivity contribution in [3.8, 4) is 0 Å². The Hall–Kier alpha value is -1.59. The minimum atomic E-state index is -0.763. The van der Waals surface area contributed by atoms with Crippen LogP contribution in [0.5, 0.6) is 0 Å². The van der Waals surface area contributed by atoms with Crippen molar-refractivity contribution < 1.29 is 28.6 Å². The van der Waals surface area contributed by atoms with Gasteiger partial charge in [-0.1, -0.05) is 285 Å². The molecule has 0 N–H and O–H groups in total. The smallest absolute Gasteiger partial charge is 0.306 e. The molecule has 0 saturated carbocycles. The molecule has 0 fully saturated rings. The first-order chi connectivity index (χ1) is 31.3. The number of rotatable bonds is 52. The quantitative estimate of drug-likeness (QED) is 0.0344. The van der Waals surface area contributed by atoms with Crippen LogP contribution in [0, 0.1) is 11.8 Å². The van der Waals surface area contributed by atoms with Crippen LogP contribution in [-0.4, -0.2) is 37.2 Å². The highest BCUT2D eigenvalue weighted by molar-refractivity contribution is 5.71. The summed E-state index contributed by atoms with van der Waals surface area (Å²) in [7, 11) is 0. The van der Waals surface area contributed by atoms with E-state index in [1.807, 2.05) is 0 Å². The number of hydrogen-bond acceptors (Lipinski definition) is 6. The lowest BCUT2D eigenvalue weighted by atomic mass is 9.99. The molecule has 0 radical (unpaired) electrons. The molecule has 0 amide bonds. The maximum atomic E-state index is 12.8. The lowest BCUT2D eigenvalue weighted by molar-refractivity contribution is -0.167. The Morgan fingerprint density at radius 2 is 0.594 bits per heavy atom. The Balaban J connectivity index is 4.27. The molecule has 0 bridgehead atoms. The highest BCUT2D eigenvalue weighted by Crippen LogP contribution is 2.18. The van der Waals surface area contributed by atoms with E-state index in [1.54, 1.807) is 0 Å². The molecule has 0 aliphatic carbocycles. The summed E-state index contributed by atoms with van der Waals surface area (Å²) in [5, 5.41) is 0. The molecule has 0 aromatic rings. The highest BCUT2D eigenvalue weighted by atomic mass is 16.6. The van der Waals surface area contributed by atoms with Gasteiger partial charge >= 0.3 is 17.9 Å². The van der Waals surface area contributed by atoms with Gasteiger partial charge in [0.15, 0.2) is 6.10 Å². The molecule has 6 nitrogen and oxygen atoms in total. The van der Waals surface area contributed by atoms with Crippen LogP contribution in [0.1, 0.15) is 324 Å². The maximum absolute atomic E-state index is 12.8. The number of unbranched alkanes of at least 4 members (excludes halogenated alkanes) is 36. The summed E-state index contributed by atoms with van der Waals surface area (Å²) in [4.78, 5) is 38.1. The van der Waals surface area contributed by atoms with Crippen molar-refractivity contribution in [1.82, 2.24) is 0 Å². The lowest BCUT2D eigenvalue weighted by Gasteiger charge is -2.18. The van der Waals surface area contributed by atoms with Crippen LogP contribution >= 0.6 is 0 Å². The van der Waals surface area contributed by atoms with Gasteiger partial charge in [0.2, 0.25) is 0 Å². The van der Waals surface area contributed by atoms with Crippen LogP contribution < -0.4 is 0 Å². The lowest BCUT2D eigenvalue weighted by Crippen LogP contribution is -2.30. The molecule has 6 heteroatoms. The fourth-order valence-corrected chi connectivity index (χ4v) is 8.84. The number of carbonyl (C=O) groups is 3. The predicted molar refractivity (Wildman–Crippen MR) is 275 cm³/mol. The monoisotopic (exact) mass is 905 g/mol. The molecule has 0 heterocycles. The van der Waals surface area contributed by atoms with Crippen LogP contribution in [-0.2, 0) is 28.6 Å². The molecule has 0 rings (SSSR count). The molecule has 0 aromatic heterocycles. The summed E-state index contributed by atoms with van der Waals surface area (Å²) in [5.41, 5.74) is 0. The van der Waals surface area contributed by atoms with Crippen LogP contribution in [0.15, 0.2) is 0 Å². The second kappa shape index (κ2) is 50.8. The van der Waals surface area contributed by atoms with Crippen molar-refractivity contribution in [2.45, 2.75) is 330 Å². The molecule has 380 valence electrons. The predicted octanol–water partition coefficient (Wildman–Crippen LogP) is 18.9. The van der Waals surface area contributed by atoms with Gasteiger partial charge in [0.05, 0.1) is 0 Å². The van der Waals surface area contributed by atoms with Crippen LogP contribution in [0.4, 0.5) is 0 Å². The first-order valence-electron chi connectivity index (χ1n) is 28.8. The van der Waals surface area contributed by atoms with Crippen molar-refractivity contribution >= 4 is 17.9 Å². The molecule has 0 aromatic carbocycles. The molecule has 0 aliphatic rings. The second-order valence-corrected chi connectivity index (χ2v) is 20.6. The standard InChI is InChI=1S/C58H112O6/c1-6-8-9-10-11-12-13-14-15-16-17-18-19-20-21-28-33-38-43-48-56(59)62-51-55(64-58(61)50-45-40-35-30-24-22-26-31-36-41-46-53(3)4)52-63-57(60)49-44-39-34-29-25-23-27-32-37-42-47-54(5)7-2/h53-55H,6-52H2,1-5H3/t54?,55-/m1/s1. The third-order valence-corrected chi connectivity index (χ3v) is 13.6. The van der Waals surface area contributed by atoms with Crippen molar-refractivity contribution in [1.29, 1.82) is 0 Å². The van der Waals surface area contributed by atoms with Crippen molar-refractivity contribution in [2.75, 3.05) is 13.2 Å². The number of carbonyl (C=O) groups excluding carboxylic acids is 3. The van der Waals surface area contributed by atoms with Gasteiger partial charge in [0.25, 0.3) is 0 Å². The van der Waals surface area contributed by atoms with Gasteiger partial charge in [0, 0.05) is 19.3 Å². The van der Waals surface area contributed by atoms with Crippen LogP contribution in [0.3, 0.4) is 0 Å². The molecule has 2 atom stereocenters. The Labute approximate surface area is 399 Å². The second-order valence-electron chi connectivity index (χ2n) is 20.6. The number of esters is 3. The van der Waals surface area contributed by atoms with E-state index in [9.17, 15) is 14.4 Å². The fraction of sp³-hybridized carbons (Fsp3) is 0.948. The topological polar surface area (TPSA) is 78.9 Å². The Bertz CT molecular complexity index is 980. The summed E-state index contributed by atoms with van der Waals surface area (Å²) >= 11 is 0. The van der Waals surface area contributed by atoms with Crippen molar-refractivity contribution in [3.05, 3.63) is 0 Å². The first-order valence-corrected chi connectivity index (χ1v) is 28.8. The van der Waals surface area contributed by atoms with Crippen molar-refractivity contribution in [2.24, 2.45) is 11.8 Å². The molecule has 64 heavy (non-hydrogen) atoms. The summed E-state index contributed by atoms with van der Waals surface area (Å²) in [6.45, 7) is 11.4. The molecule has 1 unspecified atom stereocenters. The molecule has 0 spiro atoms. The Morgan fingerprint density at radius 1 is 0.328 bits per heavy atom. The van der Waals surface area contributed by atoms with E-state index < -0.39 is 6.10 Å². The third-order valence-electron chi connectivity index (χ3n) is 13.6. The maximum Gasteiger partial charge on any atom is 0.306 e. The van der Waals surface area contributed by atoms with Gasteiger partial charge in [0.1, 0.15) is 13.2 Å². The van der Waals surface area contributed by atoms with Gasteiger partial charge < -0.3 is 14.2 Å². The first kappa shape index (κ1) is 62.4. The van der Waals surface area contributed by atoms with E-state index >= 15 is 0 Å². The number of ether oxygens (including phenoxy) is 3. The molecule has 0 aliphatic heterocycles. The third kappa shape index (κ3) is 49.8. The van der Waals surface area contributed by atoms with E-state index in [0.29, 0.717) is 19.3 Å². The molecular weight excluding hydrogens is 793 g/mol.